The molecule has 0 spiro atoms. The first-order valence-electron chi connectivity index (χ1n) is 14.3. The summed E-state index contributed by atoms with van der Waals surface area (Å²) in [4.78, 5) is 0. The molecule has 2 atom stereocenters. The minimum Gasteiger partial charge on any atom is -0.341 e. The van der Waals surface area contributed by atoms with Gasteiger partial charge in [0.2, 0.25) is 8.38 Å². The van der Waals surface area contributed by atoms with Gasteiger partial charge in [0.15, 0.2) is 17.0 Å². The van der Waals surface area contributed by atoms with Gasteiger partial charge in [-0.2, -0.15) is 0 Å². The van der Waals surface area contributed by atoms with Crippen molar-refractivity contribution in [2.75, 3.05) is 0 Å². The van der Waals surface area contributed by atoms with Crippen LogP contribution in [-0.2, 0) is 29.7 Å². The molecule has 5 heteroatoms. The van der Waals surface area contributed by atoms with E-state index in [1.807, 2.05) is 56.3 Å². The zero-order valence-corrected chi connectivity index (χ0v) is 24.6. The summed E-state index contributed by atoms with van der Waals surface area (Å²) >= 11 is 0. The van der Waals surface area contributed by atoms with Crippen molar-refractivity contribution in [1.29, 1.82) is 0 Å². The molecule has 2 saturated heterocycles. The first kappa shape index (κ1) is 27.2. The minimum absolute atomic E-state index is 0.575. The monoisotopic (exact) mass is 572 g/mol. The standard InChI is InChI=1S/C37H33O4P/c1-35(2)38-33-34(39-35)37(30-22-12-5-13-23-30,31-24-14-6-15-25-31)41-42(32-26-16-7-17-27-32)40-36(33,28-18-8-3-9-19-28)29-20-10-4-11-21-29/h3-27,33-34H,1-2H3/t33-,34-/m0/s1. The highest BCUT2D eigenvalue weighted by Crippen LogP contribution is 2.64. The van der Waals surface area contributed by atoms with Crippen molar-refractivity contribution in [1.82, 2.24) is 0 Å². The van der Waals surface area contributed by atoms with Crippen molar-refractivity contribution >= 4 is 13.7 Å². The van der Waals surface area contributed by atoms with Crippen molar-refractivity contribution < 1.29 is 18.5 Å². The molecule has 7 rings (SSSR count). The van der Waals surface area contributed by atoms with E-state index in [4.69, 9.17) is 18.5 Å². The van der Waals surface area contributed by atoms with Crippen molar-refractivity contribution in [3.63, 3.8) is 0 Å². The van der Waals surface area contributed by atoms with Crippen LogP contribution in [0.4, 0.5) is 0 Å². The number of hydrogen-bond acceptors (Lipinski definition) is 4. The van der Waals surface area contributed by atoms with Crippen molar-refractivity contribution in [2.45, 2.75) is 43.0 Å². The SMILES string of the molecule is CC1(C)O[C@H]2[C@H](O1)C(c1ccccc1)(c1ccccc1)OP(c1ccccc1)OC2(c1ccccc1)c1ccccc1. The van der Waals surface area contributed by atoms with Crippen LogP contribution in [0.5, 0.6) is 0 Å². The molecular formula is C37H33O4P. The van der Waals surface area contributed by atoms with E-state index in [2.05, 4.69) is 109 Å². The van der Waals surface area contributed by atoms with Gasteiger partial charge in [0.25, 0.3) is 0 Å². The third kappa shape index (κ3) is 4.52. The Morgan fingerprint density at radius 3 is 1.02 bits per heavy atom. The molecule has 0 unspecified atom stereocenters. The van der Waals surface area contributed by atoms with Gasteiger partial charge in [-0.15, -0.1) is 0 Å². The maximum absolute atomic E-state index is 7.50. The van der Waals surface area contributed by atoms with Gasteiger partial charge in [-0.25, -0.2) is 0 Å². The predicted octanol–water partition coefficient (Wildman–Crippen LogP) is 8.08. The molecule has 0 radical (unpaired) electrons. The highest BCUT2D eigenvalue weighted by molar-refractivity contribution is 7.56. The number of hydrogen-bond donors (Lipinski definition) is 0. The van der Waals surface area contributed by atoms with Crippen LogP contribution < -0.4 is 5.30 Å². The summed E-state index contributed by atoms with van der Waals surface area (Å²) in [6, 6.07) is 51.8. The number of benzene rings is 5. The Hall–Kier alpha value is -3.63. The Morgan fingerprint density at radius 1 is 0.429 bits per heavy atom. The topological polar surface area (TPSA) is 36.9 Å². The molecule has 2 aliphatic heterocycles. The van der Waals surface area contributed by atoms with Gasteiger partial charge in [-0.3, -0.25) is 0 Å². The van der Waals surface area contributed by atoms with Crippen LogP contribution in [0.15, 0.2) is 152 Å². The quantitative estimate of drug-likeness (QED) is 0.200. The third-order valence-corrected chi connectivity index (χ3v) is 9.76. The Bertz CT molecular complexity index is 1430. The van der Waals surface area contributed by atoms with E-state index < -0.39 is 37.6 Å². The molecule has 42 heavy (non-hydrogen) atoms. The zero-order chi connectivity index (χ0) is 28.6. The maximum Gasteiger partial charge on any atom is 0.207 e. The maximum atomic E-state index is 7.50. The number of fused-ring (bicyclic) bond motifs is 1. The third-order valence-electron chi connectivity index (χ3n) is 8.13. The molecule has 5 aromatic rings. The molecule has 0 N–H and O–H groups in total. The molecule has 0 bridgehead atoms. The predicted molar refractivity (Wildman–Crippen MR) is 166 cm³/mol. The summed E-state index contributed by atoms with van der Waals surface area (Å²) in [6.07, 6.45) is -1.15. The summed E-state index contributed by atoms with van der Waals surface area (Å²) in [5.74, 6) is -0.904. The average molecular weight is 573 g/mol. The van der Waals surface area contributed by atoms with E-state index in [0.29, 0.717) is 0 Å². The lowest BCUT2D eigenvalue weighted by atomic mass is 9.72. The van der Waals surface area contributed by atoms with Gasteiger partial charge in [0, 0.05) is 5.30 Å². The molecule has 0 aromatic heterocycles. The van der Waals surface area contributed by atoms with Gasteiger partial charge >= 0.3 is 0 Å². The van der Waals surface area contributed by atoms with E-state index >= 15 is 0 Å². The van der Waals surface area contributed by atoms with Crippen LogP contribution in [0, 0.1) is 0 Å². The molecular weight excluding hydrogens is 539 g/mol. The normalized spacial score (nSPS) is 22.6. The van der Waals surface area contributed by atoms with Gasteiger partial charge < -0.3 is 18.5 Å². The minimum atomic E-state index is -1.68. The number of rotatable bonds is 5. The molecule has 5 aromatic carbocycles. The first-order valence-corrected chi connectivity index (χ1v) is 15.5. The lowest BCUT2D eigenvalue weighted by Crippen LogP contribution is -2.53. The molecule has 2 heterocycles. The largest absolute Gasteiger partial charge is 0.341 e. The molecule has 0 aliphatic carbocycles. The molecule has 2 fully saturated rings. The van der Waals surface area contributed by atoms with Gasteiger partial charge in [-0.05, 0) is 48.2 Å². The van der Waals surface area contributed by atoms with Crippen molar-refractivity contribution in [3.8, 4) is 0 Å². The average Bonchev–Trinajstić information content (AvgIpc) is 3.33. The summed E-state index contributed by atoms with van der Waals surface area (Å²) in [5.41, 5.74) is 1.84. The summed E-state index contributed by atoms with van der Waals surface area (Å²) in [5, 5.41) is 0.971. The lowest BCUT2D eigenvalue weighted by molar-refractivity contribution is -0.173. The van der Waals surface area contributed by atoms with E-state index in [1.165, 1.54) is 0 Å². The molecule has 0 amide bonds. The van der Waals surface area contributed by atoms with E-state index in [-0.39, 0.29) is 0 Å². The van der Waals surface area contributed by atoms with E-state index in [0.717, 1.165) is 27.6 Å². The Labute approximate surface area is 248 Å². The molecule has 4 nitrogen and oxygen atoms in total. The second-order valence-corrected chi connectivity index (χ2v) is 12.6. The fourth-order valence-electron chi connectivity index (χ4n) is 6.34. The van der Waals surface area contributed by atoms with Crippen LogP contribution >= 0.6 is 8.38 Å². The van der Waals surface area contributed by atoms with Crippen LogP contribution in [0.1, 0.15) is 36.1 Å². The first-order chi connectivity index (χ1) is 20.5. The van der Waals surface area contributed by atoms with E-state index in [1.54, 1.807) is 0 Å². The van der Waals surface area contributed by atoms with Crippen LogP contribution in [-0.4, -0.2) is 18.0 Å². The lowest BCUT2D eigenvalue weighted by Gasteiger charge is -2.41. The Balaban J connectivity index is 1.59. The summed E-state index contributed by atoms with van der Waals surface area (Å²) in [7, 11) is -1.68. The second-order valence-electron chi connectivity index (χ2n) is 11.2. The Kier molecular flexibility index (Phi) is 7.06. The van der Waals surface area contributed by atoms with Gasteiger partial charge in [0.05, 0.1) is 0 Å². The molecule has 2 aliphatic rings. The molecule has 210 valence electrons. The fourth-order valence-corrected chi connectivity index (χ4v) is 8.15. The highest BCUT2D eigenvalue weighted by atomic mass is 31.2. The second kappa shape index (κ2) is 10.9. The van der Waals surface area contributed by atoms with Crippen LogP contribution in [0.25, 0.3) is 0 Å². The van der Waals surface area contributed by atoms with Crippen LogP contribution in [0.3, 0.4) is 0 Å². The van der Waals surface area contributed by atoms with Crippen molar-refractivity contribution in [2.24, 2.45) is 0 Å². The Morgan fingerprint density at radius 2 is 0.714 bits per heavy atom. The van der Waals surface area contributed by atoms with Crippen molar-refractivity contribution in [3.05, 3.63) is 174 Å². The highest BCUT2D eigenvalue weighted by Gasteiger charge is 2.67. The zero-order valence-electron chi connectivity index (χ0n) is 23.7. The van der Waals surface area contributed by atoms with Gasteiger partial charge in [0.1, 0.15) is 12.2 Å². The number of ether oxygens (including phenoxy) is 2. The molecule has 0 saturated carbocycles. The summed E-state index contributed by atoms with van der Waals surface area (Å²) in [6.45, 7) is 3.95. The summed E-state index contributed by atoms with van der Waals surface area (Å²) < 4.78 is 29.0. The van der Waals surface area contributed by atoms with Gasteiger partial charge in [-0.1, -0.05) is 140 Å². The van der Waals surface area contributed by atoms with E-state index in [9.17, 15) is 0 Å². The smallest absolute Gasteiger partial charge is 0.207 e. The fraction of sp³-hybridized carbons (Fsp3) is 0.189. The van der Waals surface area contributed by atoms with Crippen LogP contribution in [0.2, 0.25) is 0 Å².